The second-order valence-electron chi connectivity index (χ2n) is 5.51. The average molecular weight is 292 g/mol. The molecule has 21 heavy (non-hydrogen) atoms. The second-order valence-corrected chi connectivity index (χ2v) is 5.51. The van der Waals surface area contributed by atoms with Crippen molar-refractivity contribution < 1.29 is 14.6 Å². The molecule has 1 aromatic heterocycles. The molecule has 2 saturated heterocycles. The molecule has 0 amide bonds. The van der Waals surface area contributed by atoms with Crippen LogP contribution in [0.1, 0.15) is 11.7 Å². The van der Waals surface area contributed by atoms with Crippen molar-refractivity contribution in [1.29, 1.82) is 0 Å². The lowest BCUT2D eigenvalue weighted by atomic mass is 10.0. The van der Waals surface area contributed by atoms with E-state index in [4.69, 9.17) is 4.74 Å². The van der Waals surface area contributed by atoms with Crippen LogP contribution in [0.4, 0.5) is 0 Å². The highest BCUT2D eigenvalue weighted by molar-refractivity contribution is 5.74. The number of carboxylic acids is 1. The van der Waals surface area contributed by atoms with E-state index < -0.39 is 12.0 Å². The Balaban J connectivity index is 1.60. The van der Waals surface area contributed by atoms with Gasteiger partial charge in [0.1, 0.15) is 6.04 Å². The maximum atomic E-state index is 11.2. The van der Waals surface area contributed by atoms with Crippen LogP contribution >= 0.6 is 0 Å². The van der Waals surface area contributed by atoms with Gasteiger partial charge in [-0.05, 0) is 6.07 Å². The maximum absolute atomic E-state index is 11.2. The second kappa shape index (κ2) is 6.48. The van der Waals surface area contributed by atoms with Gasteiger partial charge in [-0.2, -0.15) is 0 Å². The van der Waals surface area contributed by atoms with Crippen molar-refractivity contribution in [2.24, 2.45) is 5.92 Å². The first-order chi connectivity index (χ1) is 10.2. The lowest BCUT2D eigenvalue weighted by molar-refractivity contribution is -0.140. The summed E-state index contributed by atoms with van der Waals surface area (Å²) in [5, 5.41) is 9.19. The lowest BCUT2D eigenvalue weighted by Crippen LogP contribution is -2.46. The van der Waals surface area contributed by atoms with Crippen LogP contribution in [0.25, 0.3) is 0 Å². The molecule has 3 heterocycles. The van der Waals surface area contributed by atoms with Crippen LogP contribution in [0.3, 0.4) is 0 Å². The number of carboxylic acid groups (broad SMARTS) is 1. The van der Waals surface area contributed by atoms with E-state index in [1.54, 1.807) is 6.20 Å². The van der Waals surface area contributed by atoms with Gasteiger partial charge in [-0.15, -0.1) is 0 Å². The minimum absolute atomic E-state index is 0.0121. The van der Waals surface area contributed by atoms with Gasteiger partial charge in [0.05, 0.1) is 12.7 Å². The Morgan fingerprint density at radius 2 is 2.48 bits per heavy atom. The summed E-state index contributed by atoms with van der Waals surface area (Å²) < 4.78 is 5.80. The summed E-state index contributed by atoms with van der Waals surface area (Å²) in [4.78, 5) is 17.6. The van der Waals surface area contributed by atoms with Crippen LogP contribution in [0, 0.1) is 5.92 Å². The highest BCUT2D eigenvalue weighted by Gasteiger charge is 2.35. The molecule has 3 rings (SSSR count). The highest BCUT2D eigenvalue weighted by Crippen LogP contribution is 2.22. The number of ether oxygens (including phenoxy) is 1. The van der Waals surface area contributed by atoms with Gasteiger partial charge in [0, 0.05) is 50.1 Å². The van der Waals surface area contributed by atoms with Gasteiger partial charge >= 0.3 is 5.97 Å². The Bertz CT molecular complexity index is 484. The molecule has 7 nitrogen and oxygen atoms in total. The molecule has 1 aromatic rings. The summed E-state index contributed by atoms with van der Waals surface area (Å²) in [6, 6.07) is 3.40. The smallest absolute Gasteiger partial charge is 0.322 e. The molecule has 3 unspecified atom stereocenters. The van der Waals surface area contributed by atoms with E-state index in [0.717, 1.165) is 25.2 Å². The summed E-state index contributed by atoms with van der Waals surface area (Å²) in [6.07, 6.45) is 3.59. The summed E-state index contributed by atoms with van der Waals surface area (Å²) >= 11 is 0. The molecule has 3 atom stereocenters. The molecule has 0 aromatic carbocycles. The number of pyridine rings is 1. The van der Waals surface area contributed by atoms with E-state index in [1.807, 2.05) is 18.3 Å². The molecule has 114 valence electrons. The molecule has 2 aliphatic rings. The monoisotopic (exact) mass is 292 g/mol. The Labute approximate surface area is 123 Å². The first kappa shape index (κ1) is 14.4. The van der Waals surface area contributed by atoms with Gasteiger partial charge in [0.25, 0.3) is 0 Å². The number of hydrazine groups is 1. The Kier molecular flexibility index (Phi) is 4.45. The van der Waals surface area contributed by atoms with Crippen LogP contribution in [-0.2, 0) is 9.53 Å². The van der Waals surface area contributed by atoms with Gasteiger partial charge in [-0.25, -0.2) is 5.43 Å². The minimum atomic E-state index is -0.804. The van der Waals surface area contributed by atoms with Crippen molar-refractivity contribution >= 4 is 5.97 Å². The highest BCUT2D eigenvalue weighted by atomic mass is 16.5. The fourth-order valence-electron chi connectivity index (χ4n) is 2.94. The first-order valence-corrected chi connectivity index (χ1v) is 7.19. The number of nitrogens with zero attached hydrogens (tertiary/aromatic N) is 2. The number of nitrogens with one attached hydrogen (secondary N) is 2. The van der Waals surface area contributed by atoms with E-state index in [2.05, 4.69) is 20.7 Å². The third-order valence-corrected chi connectivity index (χ3v) is 4.06. The van der Waals surface area contributed by atoms with Crippen molar-refractivity contribution in [2.75, 3.05) is 32.8 Å². The van der Waals surface area contributed by atoms with Crippen molar-refractivity contribution in [3.63, 3.8) is 0 Å². The number of hydrogen-bond donors (Lipinski definition) is 3. The molecule has 0 aliphatic carbocycles. The van der Waals surface area contributed by atoms with E-state index in [1.165, 1.54) is 0 Å². The third-order valence-electron chi connectivity index (χ3n) is 4.06. The zero-order chi connectivity index (χ0) is 14.7. The molecule has 0 radical (unpaired) electrons. The summed E-state index contributed by atoms with van der Waals surface area (Å²) in [6.45, 7) is 3.68. The Hall–Kier alpha value is -1.54. The average Bonchev–Trinajstić information content (AvgIpc) is 2.97. The number of rotatable bonds is 4. The molecular formula is C14H20N4O3. The molecule has 2 aliphatic heterocycles. The van der Waals surface area contributed by atoms with E-state index in [0.29, 0.717) is 13.2 Å². The van der Waals surface area contributed by atoms with E-state index in [9.17, 15) is 9.90 Å². The quantitative estimate of drug-likeness (QED) is 0.698. The number of aromatic nitrogens is 1. The van der Waals surface area contributed by atoms with Crippen molar-refractivity contribution in [1.82, 2.24) is 20.7 Å². The zero-order valence-corrected chi connectivity index (χ0v) is 11.7. The fourth-order valence-corrected chi connectivity index (χ4v) is 2.94. The van der Waals surface area contributed by atoms with Crippen molar-refractivity contribution in [3.05, 3.63) is 30.1 Å². The van der Waals surface area contributed by atoms with Crippen molar-refractivity contribution in [2.45, 2.75) is 12.1 Å². The Morgan fingerprint density at radius 1 is 1.57 bits per heavy atom. The van der Waals surface area contributed by atoms with Crippen LogP contribution in [0.2, 0.25) is 0 Å². The summed E-state index contributed by atoms with van der Waals surface area (Å²) in [7, 11) is 0. The molecule has 3 N–H and O–H groups in total. The van der Waals surface area contributed by atoms with E-state index >= 15 is 0 Å². The van der Waals surface area contributed by atoms with Gasteiger partial charge in [-0.3, -0.25) is 20.1 Å². The number of aliphatic carboxylic acids is 1. The number of morpholine rings is 1. The lowest BCUT2D eigenvalue weighted by Gasteiger charge is -2.34. The van der Waals surface area contributed by atoms with Gasteiger partial charge in [0.2, 0.25) is 0 Å². The maximum Gasteiger partial charge on any atom is 0.322 e. The normalized spacial score (nSPS) is 30.4. The molecule has 2 fully saturated rings. The fraction of sp³-hybridized carbons (Fsp3) is 0.571. The van der Waals surface area contributed by atoms with Gasteiger partial charge in [-0.1, -0.05) is 6.07 Å². The van der Waals surface area contributed by atoms with Gasteiger partial charge < -0.3 is 9.84 Å². The minimum Gasteiger partial charge on any atom is -0.480 e. The van der Waals surface area contributed by atoms with E-state index in [-0.39, 0.29) is 12.0 Å². The largest absolute Gasteiger partial charge is 0.480 e. The zero-order valence-electron chi connectivity index (χ0n) is 11.7. The van der Waals surface area contributed by atoms with Crippen LogP contribution < -0.4 is 10.9 Å². The molecular weight excluding hydrogens is 272 g/mol. The molecule has 7 heteroatoms. The Morgan fingerprint density at radius 3 is 3.24 bits per heavy atom. The predicted octanol–water partition coefficient (Wildman–Crippen LogP) is -0.368. The van der Waals surface area contributed by atoms with Gasteiger partial charge in [0.15, 0.2) is 0 Å². The standard InChI is InChI=1S/C14H20N4O3/c19-14(20)13-11(7-16-17-13)8-18-4-5-21-12(9-18)10-2-1-3-15-6-10/h1-3,6,11-13,16-17H,4-5,7-9H2,(H,19,20). The molecule has 0 saturated carbocycles. The third kappa shape index (κ3) is 3.38. The molecule has 0 spiro atoms. The van der Waals surface area contributed by atoms with Crippen molar-refractivity contribution in [3.8, 4) is 0 Å². The summed E-state index contributed by atoms with van der Waals surface area (Å²) in [5.41, 5.74) is 6.83. The van der Waals surface area contributed by atoms with Crippen LogP contribution in [-0.4, -0.2) is 59.8 Å². The van der Waals surface area contributed by atoms with Crippen LogP contribution in [0.15, 0.2) is 24.5 Å². The van der Waals surface area contributed by atoms with Crippen LogP contribution in [0.5, 0.6) is 0 Å². The topological polar surface area (TPSA) is 86.7 Å². The summed E-state index contributed by atoms with van der Waals surface area (Å²) in [5.74, 6) is -0.739. The number of hydrogen-bond acceptors (Lipinski definition) is 6. The number of carbonyl (C=O) groups is 1. The SMILES string of the molecule is O=C(O)C1NNCC1CN1CCOC(c2cccnc2)C1. The predicted molar refractivity (Wildman–Crippen MR) is 75.4 cm³/mol. The molecule has 0 bridgehead atoms. The first-order valence-electron chi connectivity index (χ1n) is 7.19.